The van der Waals surface area contributed by atoms with Crippen LogP contribution in [-0.2, 0) is 16.6 Å². The van der Waals surface area contributed by atoms with Crippen LogP contribution in [0.3, 0.4) is 0 Å². The predicted molar refractivity (Wildman–Crippen MR) is 96.0 cm³/mol. The van der Waals surface area contributed by atoms with E-state index in [-0.39, 0.29) is 27.9 Å². The van der Waals surface area contributed by atoms with Gasteiger partial charge >= 0.3 is 0 Å². The Kier molecular flexibility index (Phi) is 5.61. The highest BCUT2D eigenvalue weighted by Crippen LogP contribution is 2.24. The molecule has 0 aliphatic rings. The SMILES string of the molecule is CN(Cc1ccco1)C(=O)c1ccc(Cl)c(S(=O)(=O)NC(C)(C)C)c1. The van der Waals surface area contributed by atoms with E-state index in [1.165, 1.54) is 29.4 Å². The van der Waals surface area contributed by atoms with Crippen molar-refractivity contribution in [3.8, 4) is 0 Å². The van der Waals surface area contributed by atoms with Crippen LogP contribution < -0.4 is 4.72 Å². The van der Waals surface area contributed by atoms with Gasteiger partial charge in [-0.25, -0.2) is 13.1 Å². The Labute approximate surface area is 152 Å². The molecule has 0 aliphatic heterocycles. The lowest BCUT2D eigenvalue weighted by molar-refractivity contribution is 0.0775. The van der Waals surface area contributed by atoms with Gasteiger partial charge in [-0.2, -0.15) is 0 Å². The molecule has 0 saturated heterocycles. The second-order valence-electron chi connectivity index (χ2n) is 6.74. The predicted octanol–water partition coefficient (Wildman–Crippen LogP) is 3.28. The molecule has 0 spiro atoms. The molecule has 0 saturated carbocycles. The van der Waals surface area contributed by atoms with Crippen LogP contribution in [0.4, 0.5) is 0 Å². The van der Waals surface area contributed by atoms with Gasteiger partial charge in [-0.05, 0) is 51.1 Å². The van der Waals surface area contributed by atoms with Crippen molar-refractivity contribution < 1.29 is 17.6 Å². The monoisotopic (exact) mass is 384 g/mol. The summed E-state index contributed by atoms with van der Waals surface area (Å²) in [5.41, 5.74) is -0.439. The highest BCUT2D eigenvalue weighted by Gasteiger charge is 2.26. The van der Waals surface area contributed by atoms with Crippen molar-refractivity contribution in [2.24, 2.45) is 0 Å². The second-order valence-corrected chi connectivity index (χ2v) is 8.80. The molecule has 1 aromatic heterocycles. The van der Waals surface area contributed by atoms with E-state index < -0.39 is 15.6 Å². The molecule has 0 unspecified atom stereocenters. The van der Waals surface area contributed by atoms with Gasteiger partial charge in [0.15, 0.2) is 0 Å². The minimum atomic E-state index is -3.85. The zero-order valence-electron chi connectivity index (χ0n) is 14.5. The number of benzene rings is 1. The van der Waals surface area contributed by atoms with Crippen LogP contribution >= 0.6 is 11.6 Å². The average Bonchev–Trinajstić information content (AvgIpc) is 2.97. The molecule has 8 heteroatoms. The standard InChI is InChI=1S/C17H21ClN2O4S/c1-17(2,3)19-25(22,23)15-10-12(7-8-14(15)18)16(21)20(4)11-13-6-5-9-24-13/h5-10,19H,11H2,1-4H3. The summed E-state index contributed by atoms with van der Waals surface area (Å²) in [6.45, 7) is 5.45. The van der Waals surface area contributed by atoms with Gasteiger partial charge in [-0.1, -0.05) is 11.6 Å². The lowest BCUT2D eigenvalue weighted by atomic mass is 10.1. The van der Waals surface area contributed by atoms with Crippen LogP contribution in [0, 0.1) is 0 Å². The summed E-state index contributed by atoms with van der Waals surface area (Å²) in [6, 6.07) is 7.69. The maximum Gasteiger partial charge on any atom is 0.254 e. The molecule has 0 atom stereocenters. The van der Waals surface area contributed by atoms with E-state index >= 15 is 0 Å². The molecule has 2 aromatic rings. The topological polar surface area (TPSA) is 79.6 Å². The maximum atomic E-state index is 12.6. The first-order valence-corrected chi connectivity index (χ1v) is 9.47. The minimum Gasteiger partial charge on any atom is -0.467 e. The summed E-state index contributed by atoms with van der Waals surface area (Å²) in [6.07, 6.45) is 1.53. The molecule has 136 valence electrons. The third-order valence-corrected chi connectivity index (χ3v) is 5.47. The van der Waals surface area contributed by atoms with Gasteiger partial charge in [0.25, 0.3) is 5.91 Å². The third kappa shape index (κ3) is 5.07. The van der Waals surface area contributed by atoms with E-state index in [1.807, 2.05) is 0 Å². The summed E-state index contributed by atoms with van der Waals surface area (Å²) in [4.78, 5) is 13.9. The Morgan fingerprint density at radius 2 is 1.96 bits per heavy atom. The van der Waals surface area contributed by atoms with E-state index in [2.05, 4.69) is 4.72 Å². The van der Waals surface area contributed by atoms with Gasteiger partial charge in [0, 0.05) is 18.2 Å². The summed E-state index contributed by atoms with van der Waals surface area (Å²) < 4.78 is 32.8. The number of rotatable bonds is 5. The van der Waals surface area contributed by atoms with Crippen molar-refractivity contribution in [2.45, 2.75) is 37.8 Å². The first kappa shape index (κ1) is 19.5. The molecule has 0 fully saturated rings. The van der Waals surface area contributed by atoms with Crippen LogP contribution in [0.5, 0.6) is 0 Å². The Bertz CT molecular complexity index is 855. The number of amides is 1. The fourth-order valence-electron chi connectivity index (χ4n) is 2.23. The molecule has 0 bridgehead atoms. The summed E-state index contributed by atoms with van der Waals surface area (Å²) in [7, 11) is -2.24. The fraction of sp³-hybridized carbons (Fsp3) is 0.353. The van der Waals surface area contributed by atoms with Crippen LogP contribution in [-0.4, -0.2) is 31.8 Å². The number of carbonyl (C=O) groups is 1. The van der Waals surface area contributed by atoms with Crippen molar-refractivity contribution >= 4 is 27.5 Å². The third-order valence-electron chi connectivity index (χ3n) is 3.23. The van der Waals surface area contributed by atoms with Crippen LogP contribution in [0.2, 0.25) is 5.02 Å². The average molecular weight is 385 g/mol. The molecule has 0 aliphatic carbocycles. The van der Waals surface area contributed by atoms with Gasteiger partial charge in [0.1, 0.15) is 10.7 Å². The van der Waals surface area contributed by atoms with E-state index in [0.29, 0.717) is 5.76 Å². The number of nitrogens with one attached hydrogen (secondary N) is 1. The van der Waals surface area contributed by atoms with E-state index in [4.69, 9.17) is 16.0 Å². The molecule has 1 N–H and O–H groups in total. The largest absolute Gasteiger partial charge is 0.467 e. The molecule has 1 amide bonds. The highest BCUT2D eigenvalue weighted by atomic mass is 35.5. The molecule has 6 nitrogen and oxygen atoms in total. The number of halogens is 1. The minimum absolute atomic E-state index is 0.0574. The zero-order valence-corrected chi connectivity index (χ0v) is 16.1. The fourth-order valence-corrected chi connectivity index (χ4v) is 4.17. The zero-order chi connectivity index (χ0) is 18.8. The second kappa shape index (κ2) is 7.19. The van der Waals surface area contributed by atoms with Crippen molar-refractivity contribution in [1.82, 2.24) is 9.62 Å². The molecule has 2 rings (SSSR count). The highest BCUT2D eigenvalue weighted by molar-refractivity contribution is 7.89. The molecule has 1 aromatic carbocycles. The lowest BCUT2D eigenvalue weighted by Crippen LogP contribution is -2.40. The molecule has 1 heterocycles. The number of sulfonamides is 1. The Balaban J connectivity index is 2.30. The van der Waals surface area contributed by atoms with Gasteiger partial charge < -0.3 is 9.32 Å². The molecular weight excluding hydrogens is 364 g/mol. The Hall–Kier alpha value is -1.83. The van der Waals surface area contributed by atoms with Gasteiger partial charge in [0.05, 0.1) is 17.8 Å². The smallest absolute Gasteiger partial charge is 0.254 e. The first-order chi connectivity index (χ1) is 11.5. The van der Waals surface area contributed by atoms with Crippen molar-refractivity contribution in [3.63, 3.8) is 0 Å². The van der Waals surface area contributed by atoms with Crippen LogP contribution in [0.25, 0.3) is 0 Å². The Morgan fingerprint density at radius 1 is 1.28 bits per heavy atom. The van der Waals surface area contributed by atoms with Crippen molar-refractivity contribution in [1.29, 1.82) is 0 Å². The molecule has 25 heavy (non-hydrogen) atoms. The number of nitrogens with zero attached hydrogens (tertiary/aromatic N) is 1. The van der Waals surface area contributed by atoms with Gasteiger partial charge in [-0.15, -0.1) is 0 Å². The first-order valence-electron chi connectivity index (χ1n) is 7.61. The molecule has 0 radical (unpaired) electrons. The number of hydrogen-bond acceptors (Lipinski definition) is 4. The van der Waals surface area contributed by atoms with Crippen LogP contribution in [0.15, 0.2) is 45.9 Å². The van der Waals surface area contributed by atoms with Gasteiger partial charge in [0.2, 0.25) is 10.0 Å². The van der Waals surface area contributed by atoms with Gasteiger partial charge in [-0.3, -0.25) is 4.79 Å². The van der Waals surface area contributed by atoms with E-state index in [1.54, 1.807) is 40.0 Å². The number of carbonyl (C=O) groups excluding carboxylic acids is 1. The summed E-state index contributed by atoms with van der Waals surface area (Å²) in [5, 5.41) is 0.0574. The summed E-state index contributed by atoms with van der Waals surface area (Å²) >= 11 is 6.05. The number of furan rings is 1. The maximum absolute atomic E-state index is 12.6. The van der Waals surface area contributed by atoms with Crippen molar-refractivity contribution in [3.05, 3.63) is 52.9 Å². The summed E-state index contributed by atoms with van der Waals surface area (Å²) in [5.74, 6) is 0.298. The lowest BCUT2D eigenvalue weighted by Gasteiger charge is -2.21. The Morgan fingerprint density at radius 3 is 2.52 bits per heavy atom. The number of hydrogen-bond donors (Lipinski definition) is 1. The normalized spacial score (nSPS) is 12.2. The molecular formula is C17H21ClN2O4S. The van der Waals surface area contributed by atoms with Crippen molar-refractivity contribution in [2.75, 3.05) is 7.05 Å². The quantitative estimate of drug-likeness (QED) is 0.857. The van der Waals surface area contributed by atoms with E-state index in [0.717, 1.165) is 0 Å². The van der Waals surface area contributed by atoms with E-state index in [9.17, 15) is 13.2 Å². The van der Waals surface area contributed by atoms with Crippen LogP contribution in [0.1, 0.15) is 36.9 Å².